The summed E-state index contributed by atoms with van der Waals surface area (Å²) in [6.45, 7) is 0.822. The second-order valence-electron chi connectivity index (χ2n) is 2.17. The Morgan fingerprint density at radius 1 is 1.60 bits per heavy atom. The summed E-state index contributed by atoms with van der Waals surface area (Å²) < 4.78 is 0. The Kier molecular flexibility index (Phi) is 1.16. The Hall–Kier alpha value is -1.32. The average Bonchev–Trinajstić information content (AvgIpc) is 2.59. The topological polar surface area (TPSA) is 40.0 Å². The number of hydrogen-bond acceptors (Lipinski definition) is 4. The van der Waals surface area contributed by atoms with Gasteiger partial charge in [0.25, 0.3) is 0 Å². The Morgan fingerprint density at radius 2 is 2.60 bits per heavy atom. The lowest BCUT2D eigenvalue weighted by molar-refractivity contribution is 0.565. The van der Waals surface area contributed by atoms with E-state index in [4.69, 9.17) is 0 Å². The van der Waals surface area contributed by atoms with Crippen LogP contribution in [0.25, 0.3) is 0 Å². The van der Waals surface area contributed by atoms with Gasteiger partial charge in [-0.15, -0.1) is 5.10 Å². The minimum absolute atomic E-state index is 0.822. The summed E-state index contributed by atoms with van der Waals surface area (Å²) >= 11 is 0. The van der Waals surface area contributed by atoms with Gasteiger partial charge in [0, 0.05) is 25.0 Å². The van der Waals surface area contributed by atoms with Crippen molar-refractivity contribution in [3.05, 3.63) is 12.4 Å². The molecule has 2 aliphatic rings. The van der Waals surface area contributed by atoms with Gasteiger partial charge in [0.05, 0.1) is 6.67 Å². The molecule has 10 heavy (non-hydrogen) atoms. The summed E-state index contributed by atoms with van der Waals surface area (Å²) in [4.78, 5) is 2.03. The van der Waals surface area contributed by atoms with Crippen molar-refractivity contribution in [1.29, 1.82) is 0 Å². The smallest absolute Gasteiger partial charge is 0.138 e. The molecule has 0 aromatic heterocycles. The lowest BCUT2D eigenvalue weighted by atomic mass is 10.4. The van der Waals surface area contributed by atoms with Gasteiger partial charge < -0.3 is 10.2 Å². The summed E-state index contributed by atoms with van der Waals surface area (Å²) in [6, 6.07) is 0. The van der Waals surface area contributed by atoms with Gasteiger partial charge in [-0.2, -0.15) is 5.10 Å². The van der Waals surface area contributed by atoms with Crippen molar-refractivity contribution in [2.75, 3.05) is 6.67 Å². The van der Waals surface area contributed by atoms with Crippen molar-refractivity contribution >= 4 is 12.1 Å². The zero-order valence-corrected chi connectivity index (χ0v) is 5.49. The molecule has 4 heteroatoms. The fourth-order valence-electron chi connectivity index (χ4n) is 0.969. The second kappa shape index (κ2) is 2.13. The molecule has 0 unspecified atom stereocenters. The predicted molar refractivity (Wildman–Crippen MR) is 39.5 cm³/mol. The number of amidine groups is 1. The normalized spacial score (nSPS) is 21.6. The van der Waals surface area contributed by atoms with Gasteiger partial charge in [-0.25, -0.2) is 0 Å². The third-order valence-electron chi connectivity index (χ3n) is 1.49. The van der Waals surface area contributed by atoms with Crippen LogP contribution >= 0.6 is 0 Å². The molecule has 0 aromatic carbocycles. The maximum atomic E-state index is 3.94. The molecular weight excluding hydrogens is 128 g/mol. The van der Waals surface area contributed by atoms with E-state index in [9.17, 15) is 0 Å². The standard InChI is InChI=1S/C6H8N4/c1-2-8-9-6(1)10-4-3-7-5-10/h2-4,7H,1,5H2. The summed E-state index contributed by atoms with van der Waals surface area (Å²) in [6.07, 6.45) is 6.53. The molecule has 0 saturated heterocycles. The molecule has 0 atom stereocenters. The van der Waals surface area contributed by atoms with Gasteiger partial charge in [0.15, 0.2) is 0 Å². The third-order valence-corrected chi connectivity index (χ3v) is 1.49. The van der Waals surface area contributed by atoms with E-state index in [1.165, 1.54) is 0 Å². The zero-order chi connectivity index (χ0) is 6.81. The van der Waals surface area contributed by atoms with Gasteiger partial charge in [-0.1, -0.05) is 0 Å². The van der Waals surface area contributed by atoms with Gasteiger partial charge in [0.2, 0.25) is 0 Å². The fourth-order valence-corrected chi connectivity index (χ4v) is 0.969. The summed E-state index contributed by atoms with van der Waals surface area (Å²) in [5, 5.41) is 10.8. The first-order chi connectivity index (χ1) is 4.97. The monoisotopic (exact) mass is 136 g/mol. The van der Waals surface area contributed by atoms with Crippen molar-refractivity contribution in [2.24, 2.45) is 10.2 Å². The Balaban J connectivity index is 2.06. The van der Waals surface area contributed by atoms with Crippen molar-refractivity contribution in [1.82, 2.24) is 10.2 Å². The molecular formula is C6H8N4. The molecule has 0 bridgehead atoms. The van der Waals surface area contributed by atoms with E-state index < -0.39 is 0 Å². The highest BCUT2D eigenvalue weighted by Gasteiger charge is 2.12. The van der Waals surface area contributed by atoms with Crippen molar-refractivity contribution in [2.45, 2.75) is 6.42 Å². The van der Waals surface area contributed by atoms with Gasteiger partial charge in [-0.3, -0.25) is 0 Å². The molecule has 1 N–H and O–H groups in total. The fraction of sp³-hybridized carbons (Fsp3) is 0.333. The van der Waals surface area contributed by atoms with Crippen LogP contribution in [0.3, 0.4) is 0 Å². The quantitative estimate of drug-likeness (QED) is 0.513. The van der Waals surface area contributed by atoms with E-state index in [1.807, 2.05) is 23.5 Å². The van der Waals surface area contributed by atoms with E-state index in [-0.39, 0.29) is 0 Å². The van der Waals surface area contributed by atoms with Crippen LogP contribution in [0.2, 0.25) is 0 Å². The molecule has 52 valence electrons. The third kappa shape index (κ3) is 0.775. The minimum atomic E-state index is 0.822. The van der Waals surface area contributed by atoms with E-state index >= 15 is 0 Å². The molecule has 0 radical (unpaired) electrons. The second-order valence-corrected chi connectivity index (χ2v) is 2.17. The largest absolute Gasteiger partial charge is 0.372 e. The Labute approximate surface area is 58.9 Å². The molecule has 0 amide bonds. The molecule has 4 nitrogen and oxygen atoms in total. The molecule has 0 aliphatic carbocycles. The highest BCUT2D eigenvalue weighted by atomic mass is 15.4. The predicted octanol–water partition coefficient (Wildman–Crippen LogP) is 0.108. The first-order valence-electron chi connectivity index (χ1n) is 3.22. The van der Waals surface area contributed by atoms with Crippen molar-refractivity contribution < 1.29 is 0 Å². The Morgan fingerprint density at radius 3 is 3.20 bits per heavy atom. The summed E-state index contributed by atoms with van der Waals surface area (Å²) in [5.41, 5.74) is 0. The molecule has 0 fully saturated rings. The number of nitrogens with one attached hydrogen (secondary N) is 1. The lowest BCUT2D eigenvalue weighted by Crippen LogP contribution is -2.26. The summed E-state index contributed by atoms with van der Waals surface area (Å²) in [7, 11) is 0. The van der Waals surface area contributed by atoms with Crippen LogP contribution in [0.5, 0.6) is 0 Å². The average molecular weight is 136 g/mol. The molecule has 2 heterocycles. The number of hydrogen-bond donors (Lipinski definition) is 1. The highest BCUT2D eigenvalue weighted by molar-refractivity contribution is 5.97. The van der Waals surface area contributed by atoms with Crippen molar-refractivity contribution in [3.63, 3.8) is 0 Å². The molecule has 0 aromatic rings. The Bertz CT molecular complexity index is 216. The molecule has 2 aliphatic heterocycles. The van der Waals surface area contributed by atoms with Gasteiger partial charge in [0.1, 0.15) is 5.84 Å². The lowest BCUT2D eigenvalue weighted by Gasteiger charge is -2.11. The SMILES string of the molecule is C1=CN(C2=NN=CC2)CN1. The van der Waals surface area contributed by atoms with Crippen LogP contribution in [0.1, 0.15) is 6.42 Å². The van der Waals surface area contributed by atoms with E-state index in [0.29, 0.717) is 0 Å². The highest BCUT2D eigenvalue weighted by Crippen LogP contribution is 2.03. The first-order valence-corrected chi connectivity index (χ1v) is 3.22. The van der Waals surface area contributed by atoms with E-state index in [0.717, 1.165) is 18.9 Å². The first kappa shape index (κ1) is 5.46. The van der Waals surface area contributed by atoms with Crippen LogP contribution in [-0.4, -0.2) is 23.6 Å². The number of rotatable bonds is 0. The van der Waals surface area contributed by atoms with Crippen LogP contribution < -0.4 is 5.32 Å². The van der Waals surface area contributed by atoms with Crippen LogP contribution in [0, 0.1) is 0 Å². The van der Waals surface area contributed by atoms with E-state index in [2.05, 4.69) is 15.5 Å². The molecule has 0 spiro atoms. The maximum Gasteiger partial charge on any atom is 0.138 e. The zero-order valence-electron chi connectivity index (χ0n) is 5.49. The minimum Gasteiger partial charge on any atom is -0.372 e. The maximum absolute atomic E-state index is 3.94. The number of nitrogens with zero attached hydrogens (tertiary/aromatic N) is 3. The van der Waals surface area contributed by atoms with Gasteiger partial charge >= 0.3 is 0 Å². The van der Waals surface area contributed by atoms with Gasteiger partial charge in [-0.05, 0) is 0 Å². The molecule has 2 rings (SSSR count). The van der Waals surface area contributed by atoms with Crippen LogP contribution in [-0.2, 0) is 0 Å². The van der Waals surface area contributed by atoms with E-state index in [1.54, 1.807) is 0 Å². The van der Waals surface area contributed by atoms with Crippen molar-refractivity contribution in [3.8, 4) is 0 Å². The van der Waals surface area contributed by atoms with Crippen LogP contribution in [0.15, 0.2) is 22.6 Å². The summed E-state index contributed by atoms with van der Waals surface area (Å²) in [5.74, 6) is 1.02. The molecule has 0 saturated carbocycles. The van der Waals surface area contributed by atoms with Crippen LogP contribution in [0.4, 0.5) is 0 Å².